The van der Waals surface area contributed by atoms with E-state index >= 15 is 0 Å². The summed E-state index contributed by atoms with van der Waals surface area (Å²) in [6.07, 6.45) is 0.802. The highest BCUT2D eigenvalue weighted by atomic mass is 16.5. The van der Waals surface area contributed by atoms with Crippen LogP contribution in [0.1, 0.15) is 18.4 Å². The SMILES string of the molecule is Oc1ccc(OCC(Oc2ccc(O)cc2)N2CCC(O)(c3ccccc3)CC2)cc1. The summed E-state index contributed by atoms with van der Waals surface area (Å²) in [6.45, 7) is 1.57. The summed E-state index contributed by atoms with van der Waals surface area (Å²) in [4.78, 5) is 2.16. The fraction of sp³-hybridized carbons (Fsp3) is 0.280. The van der Waals surface area contributed by atoms with Crippen LogP contribution in [-0.2, 0) is 5.60 Å². The van der Waals surface area contributed by atoms with Crippen molar-refractivity contribution in [3.8, 4) is 23.0 Å². The maximum atomic E-state index is 11.1. The Balaban J connectivity index is 1.45. The zero-order chi connectivity index (χ0) is 21.7. The molecule has 0 bridgehead atoms. The molecular formula is C25H27NO5. The molecule has 0 radical (unpaired) electrons. The molecule has 3 N–H and O–H groups in total. The van der Waals surface area contributed by atoms with Crippen LogP contribution in [-0.4, -0.2) is 46.1 Å². The van der Waals surface area contributed by atoms with E-state index < -0.39 is 5.60 Å². The Kier molecular flexibility index (Phi) is 6.30. The first kappa shape index (κ1) is 21.0. The molecule has 1 unspecified atom stereocenters. The third-order valence-corrected chi connectivity index (χ3v) is 5.68. The van der Waals surface area contributed by atoms with Crippen molar-refractivity contribution in [3.05, 3.63) is 84.4 Å². The minimum Gasteiger partial charge on any atom is -0.508 e. The fourth-order valence-electron chi connectivity index (χ4n) is 3.82. The number of piperidine rings is 1. The lowest BCUT2D eigenvalue weighted by molar-refractivity contribution is -0.0794. The number of ether oxygens (including phenoxy) is 2. The molecule has 3 aromatic rings. The van der Waals surface area contributed by atoms with Crippen molar-refractivity contribution >= 4 is 0 Å². The summed E-state index contributed by atoms with van der Waals surface area (Å²) in [6, 6.07) is 22.9. The van der Waals surface area contributed by atoms with Gasteiger partial charge in [-0.05, 0) is 66.9 Å². The number of phenolic OH excluding ortho intramolecular Hbond substituents is 2. The highest BCUT2D eigenvalue weighted by Gasteiger charge is 2.36. The molecule has 31 heavy (non-hydrogen) atoms. The lowest BCUT2D eigenvalue weighted by atomic mass is 9.84. The standard InChI is InChI=1S/C25H27NO5/c27-20-6-10-22(11-7-20)30-18-24(31-23-12-8-21(28)9-13-23)26-16-14-25(29,15-17-26)19-4-2-1-3-5-19/h1-13,24,27-29H,14-18H2. The molecule has 0 aromatic heterocycles. The molecule has 0 spiro atoms. The van der Waals surface area contributed by atoms with E-state index in [1.54, 1.807) is 48.5 Å². The Morgan fingerprint density at radius 2 is 1.32 bits per heavy atom. The van der Waals surface area contributed by atoms with Gasteiger partial charge in [0, 0.05) is 13.1 Å². The van der Waals surface area contributed by atoms with E-state index in [4.69, 9.17) is 9.47 Å². The second-order valence-electron chi connectivity index (χ2n) is 7.80. The van der Waals surface area contributed by atoms with Gasteiger partial charge in [0.2, 0.25) is 0 Å². The van der Waals surface area contributed by atoms with Gasteiger partial charge in [-0.25, -0.2) is 0 Å². The van der Waals surface area contributed by atoms with E-state index in [0.717, 1.165) is 5.56 Å². The van der Waals surface area contributed by atoms with Crippen LogP contribution in [0.5, 0.6) is 23.0 Å². The predicted octanol–water partition coefficient (Wildman–Crippen LogP) is 3.87. The van der Waals surface area contributed by atoms with Crippen LogP contribution in [0.25, 0.3) is 0 Å². The first-order valence-corrected chi connectivity index (χ1v) is 10.4. The largest absolute Gasteiger partial charge is 0.508 e. The highest BCUT2D eigenvalue weighted by molar-refractivity contribution is 5.31. The molecular weight excluding hydrogens is 394 g/mol. The number of rotatable bonds is 7. The summed E-state index contributed by atoms with van der Waals surface area (Å²) in [7, 11) is 0. The van der Waals surface area contributed by atoms with Gasteiger partial charge in [-0.1, -0.05) is 30.3 Å². The Morgan fingerprint density at radius 1 is 0.774 bits per heavy atom. The quantitative estimate of drug-likeness (QED) is 0.537. The van der Waals surface area contributed by atoms with Gasteiger partial charge in [-0.2, -0.15) is 0 Å². The number of aromatic hydroxyl groups is 2. The highest BCUT2D eigenvalue weighted by Crippen LogP contribution is 2.33. The number of phenols is 2. The third kappa shape index (κ3) is 5.29. The van der Waals surface area contributed by atoms with Gasteiger partial charge in [-0.3, -0.25) is 4.90 Å². The van der Waals surface area contributed by atoms with E-state index in [1.165, 1.54) is 0 Å². The van der Waals surface area contributed by atoms with Gasteiger partial charge >= 0.3 is 0 Å². The van der Waals surface area contributed by atoms with E-state index in [9.17, 15) is 15.3 Å². The van der Waals surface area contributed by atoms with Crippen LogP contribution in [0.4, 0.5) is 0 Å². The van der Waals surface area contributed by atoms with Crippen molar-refractivity contribution < 1.29 is 24.8 Å². The molecule has 0 aliphatic carbocycles. The van der Waals surface area contributed by atoms with Crippen LogP contribution in [0, 0.1) is 0 Å². The topological polar surface area (TPSA) is 82.4 Å². The maximum absolute atomic E-state index is 11.1. The minimum absolute atomic E-state index is 0.176. The molecule has 1 aliphatic heterocycles. The lowest BCUT2D eigenvalue weighted by Gasteiger charge is -2.41. The van der Waals surface area contributed by atoms with E-state index in [2.05, 4.69) is 4.90 Å². The van der Waals surface area contributed by atoms with Crippen LogP contribution < -0.4 is 9.47 Å². The van der Waals surface area contributed by atoms with Crippen molar-refractivity contribution in [1.29, 1.82) is 0 Å². The Bertz CT molecular complexity index is 951. The molecule has 1 atom stereocenters. The first-order chi connectivity index (χ1) is 15.0. The molecule has 4 rings (SSSR count). The summed E-state index contributed by atoms with van der Waals surface area (Å²) >= 11 is 0. The van der Waals surface area contributed by atoms with Crippen molar-refractivity contribution in [2.24, 2.45) is 0 Å². The van der Waals surface area contributed by atoms with Gasteiger partial charge < -0.3 is 24.8 Å². The summed E-state index contributed by atoms with van der Waals surface area (Å²) in [5, 5.41) is 30.2. The number of likely N-dealkylation sites (tertiary alicyclic amines) is 1. The minimum atomic E-state index is -0.849. The van der Waals surface area contributed by atoms with Gasteiger partial charge in [0.15, 0.2) is 6.23 Å². The summed E-state index contributed by atoms with van der Waals surface area (Å²) < 4.78 is 12.1. The second kappa shape index (κ2) is 9.29. The second-order valence-corrected chi connectivity index (χ2v) is 7.80. The van der Waals surface area contributed by atoms with Crippen molar-refractivity contribution in [2.75, 3.05) is 19.7 Å². The van der Waals surface area contributed by atoms with Gasteiger partial charge in [0.1, 0.15) is 29.6 Å². The van der Waals surface area contributed by atoms with E-state index in [-0.39, 0.29) is 24.3 Å². The molecule has 6 nitrogen and oxygen atoms in total. The summed E-state index contributed by atoms with van der Waals surface area (Å²) in [5.74, 6) is 1.62. The van der Waals surface area contributed by atoms with E-state index in [0.29, 0.717) is 37.4 Å². The van der Waals surface area contributed by atoms with Gasteiger partial charge in [0.05, 0.1) is 5.60 Å². The van der Waals surface area contributed by atoms with Gasteiger partial charge in [-0.15, -0.1) is 0 Å². The number of benzene rings is 3. The van der Waals surface area contributed by atoms with Crippen molar-refractivity contribution in [2.45, 2.75) is 24.7 Å². The zero-order valence-electron chi connectivity index (χ0n) is 17.2. The van der Waals surface area contributed by atoms with Crippen LogP contribution in [0.15, 0.2) is 78.9 Å². The molecule has 1 aliphatic rings. The smallest absolute Gasteiger partial charge is 0.186 e. The van der Waals surface area contributed by atoms with Crippen LogP contribution in [0.3, 0.4) is 0 Å². The number of aliphatic hydroxyl groups is 1. The predicted molar refractivity (Wildman–Crippen MR) is 117 cm³/mol. The maximum Gasteiger partial charge on any atom is 0.186 e. The number of hydrogen-bond donors (Lipinski definition) is 3. The molecule has 162 valence electrons. The monoisotopic (exact) mass is 421 g/mol. The average molecular weight is 421 g/mol. The van der Waals surface area contributed by atoms with Gasteiger partial charge in [0.25, 0.3) is 0 Å². The normalized spacial score (nSPS) is 17.1. The Morgan fingerprint density at radius 3 is 1.90 bits per heavy atom. The number of nitrogens with zero attached hydrogens (tertiary/aromatic N) is 1. The zero-order valence-corrected chi connectivity index (χ0v) is 17.2. The molecule has 1 saturated heterocycles. The van der Waals surface area contributed by atoms with Crippen LogP contribution in [0.2, 0.25) is 0 Å². The molecule has 0 amide bonds. The van der Waals surface area contributed by atoms with Crippen molar-refractivity contribution in [1.82, 2.24) is 4.90 Å². The molecule has 6 heteroatoms. The molecule has 0 saturated carbocycles. The summed E-state index contributed by atoms with van der Waals surface area (Å²) in [5.41, 5.74) is 0.0876. The fourth-order valence-corrected chi connectivity index (χ4v) is 3.82. The molecule has 3 aromatic carbocycles. The lowest BCUT2D eigenvalue weighted by Crippen LogP contribution is -2.51. The molecule has 1 heterocycles. The third-order valence-electron chi connectivity index (χ3n) is 5.68. The van der Waals surface area contributed by atoms with E-state index in [1.807, 2.05) is 30.3 Å². The number of hydrogen-bond acceptors (Lipinski definition) is 6. The van der Waals surface area contributed by atoms with Crippen molar-refractivity contribution in [3.63, 3.8) is 0 Å². The average Bonchev–Trinajstić information content (AvgIpc) is 2.80. The first-order valence-electron chi connectivity index (χ1n) is 10.4. The Labute approximate surface area is 181 Å². The Hall–Kier alpha value is -3.22. The van der Waals surface area contributed by atoms with Crippen LogP contribution >= 0.6 is 0 Å². The molecule has 1 fully saturated rings.